The zero-order valence-corrected chi connectivity index (χ0v) is 14.8. The van der Waals surface area contributed by atoms with Crippen LogP contribution in [0, 0.1) is 17.8 Å². The molecule has 0 aromatic carbocycles. The molecule has 0 aromatic rings. The summed E-state index contributed by atoms with van der Waals surface area (Å²) < 4.78 is 0. The fourth-order valence-corrected chi connectivity index (χ4v) is 4.21. The molecule has 1 saturated carbocycles. The van der Waals surface area contributed by atoms with Crippen molar-refractivity contribution in [2.75, 3.05) is 60.9 Å². The van der Waals surface area contributed by atoms with E-state index in [1.54, 1.807) is 9.80 Å². The summed E-state index contributed by atoms with van der Waals surface area (Å²) in [6.45, 7) is 6.83. The van der Waals surface area contributed by atoms with Crippen LogP contribution in [0.3, 0.4) is 0 Å². The van der Waals surface area contributed by atoms with Gasteiger partial charge in [0.1, 0.15) is 0 Å². The average Bonchev–Trinajstić information content (AvgIpc) is 2.99. The van der Waals surface area contributed by atoms with Gasteiger partial charge < -0.3 is 14.7 Å². The number of rotatable bonds is 10. The summed E-state index contributed by atoms with van der Waals surface area (Å²) in [6.07, 6.45) is 10.7. The van der Waals surface area contributed by atoms with E-state index in [4.69, 9.17) is 0 Å². The van der Waals surface area contributed by atoms with Crippen LogP contribution in [-0.2, 0) is 0 Å². The third kappa shape index (κ3) is 5.72. The van der Waals surface area contributed by atoms with Crippen molar-refractivity contribution in [2.45, 2.75) is 25.7 Å². The van der Waals surface area contributed by atoms with E-state index >= 15 is 0 Å². The summed E-state index contributed by atoms with van der Waals surface area (Å²) >= 11 is 0. The maximum atomic E-state index is 2.52. The van der Waals surface area contributed by atoms with Gasteiger partial charge in [0, 0.05) is 18.8 Å². The van der Waals surface area contributed by atoms with E-state index < -0.39 is 0 Å². The first-order valence-electron chi connectivity index (χ1n) is 9.14. The first kappa shape index (κ1) is 17.0. The molecule has 122 valence electrons. The van der Waals surface area contributed by atoms with Gasteiger partial charge in [-0.2, -0.15) is 0 Å². The highest BCUT2D eigenvalue weighted by Gasteiger charge is 2.37. The van der Waals surface area contributed by atoms with Crippen molar-refractivity contribution >= 4 is 0 Å². The van der Waals surface area contributed by atoms with Gasteiger partial charge in [0.05, 0.1) is 60.9 Å². The number of hydrogen-bond donors (Lipinski definition) is 3. The maximum Gasteiger partial charge on any atom is 0.0825 e. The minimum atomic E-state index is 0.920. The normalized spacial score (nSPS) is 27.7. The average molecular weight is 297 g/mol. The van der Waals surface area contributed by atoms with Gasteiger partial charge in [-0.05, 0) is 24.7 Å². The van der Waals surface area contributed by atoms with Gasteiger partial charge in [0.25, 0.3) is 0 Å². The molecule has 21 heavy (non-hydrogen) atoms. The Labute approximate surface area is 132 Å². The summed E-state index contributed by atoms with van der Waals surface area (Å²) in [5.41, 5.74) is 0. The Balaban J connectivity index is 1.75. The fourth-order valence-electron chi connectivity index (χ4n) is 4.21. The Kier molecular flexibility index (Phi) is 6.72. The summed E-state index contributed by atoms with van der Waals surface area (Å²) in [7, 11) is 9.09. The van der Waals surface area contributed by atoms with Crippen LogP contribution >= 0.6 is 0 Å². The molecule has 0 saturated heterocycles. The molecule has 3 heteroatoms. The molecule has 0 unspecified atom stereocenters. The lowest BCUT2D eigenvalue weighted by Gasteiger charge is -2.26. The number of allylic oxidation sites excluding steroid dienone is 2. The van der Waals surface area contributed by atoms with Gasteiger partial charge in [-0.25, -0.2) is 0 Å². The van der Waals surface area contributed by atoms with Gasteiger partial charge in [0.15, 0.2) is 0 Å². The van der Waals surface area contributed by atoms with Crippen LogP contribution in [0.2, 0.25) is 0 Å². The maximum absolute atomic E-state index is 2.52. The standard InChI is InChI=1S/C18H35N3/c1-19(2)9-5-11-21(12-6-10-20(3)4)15-18-14-16-7-8-17(18)13-16/h7-8,16-18H,5-6,9-15H2,1-4H3/p+3/t16-,17+,18-/m1/s1. The van der Waals surface area contributed by atoms with Crippen molar-refractivity contribution in [1.82, 2.24) is 0 Å². The Morgan fingerprint density at radius 2 is 1.43 bits per heavy atom. The quantitative estimate of drug-likeness (QED) is 0.392. The lowest BCUT2D eigenvalue weighted by Crippen LogP contribution is -3.14. The molecular formula is C18H38N3+3. The minimum Gasteiger partial charge on any atom is -0.340 e. The third-order valence-electron chi connectivity index (χ3n) is 5.38. The minimum absolute atomic E-state index is 0.920. The van der Waals surface area contributed by atoms with Crippen molar-refractivity contribution in [3.63, 3.8) is 0 Å². The zero-order valence-electron chi connectivity index (χ0n) is 14.8. The first-order chi connectivity index (χ1) is 10.0. The molecule has 0 heterocycles. The fraction of sp³-hybridized carbons (Fsp3) is 0.889. The Morgan fingerprint density at radius 3 is 1.86 bits per heavy atom. The Hall–Kier alpha value is -0.380. The monoisotopic (exact) mass is 296 g/mol. The van der Waals surface area contributed by atoms with E-state index in [1.807, 2.05) is 4.90 Å². The molecular weight excluding hydrogens is 258 g/mol. The molecule has 1 fully saturated rings. The van der Waals surface area contributed by atoms with Crippen molar-refractivity contribution in [3.8, 4) is 0 Å². The summed E-state index contributed by atoms with van der Waals surface area (Å²) in [5.74, 6) is 2.83. The van der Waals surface area contributed by atoms with Gasteiger partial charge in [0.2, 0.25) is 0 Å². The predicted octanol–water partition coefficient (Wildman–Crippen LogP) is -1.85. The SMILES string of the molecule is C[NH+](C)CCC[NH+](CCC[NH+](C)C)C[C@H]1C[C@@H]2C=C[C@H]1C2. The second-order valence-corrected chi connectivity index (χ2v) is 8.12. The molecule has 2 aliphatic carbocycles. The van der Waals surface area contributed by atoms with Crippen molar-refractivity contribution < 1.29 is 14.7 Å². The molecule has 3 atom stereocenters. The van der Waals surface area contributed by atoms with E-state index in [2.05, 4.69) is 40.3 Å². The number of hydrogen-bond acceptors (Lipinski definition) is 0. The number of fused-ring (bicyclic) bond motifs is 2. The van der Waals surface area contributed by atoms with Crippen LogP contribution in [0.25, 0.3) is 0 Å². The van der Waals surface area contributed by atoms with E-state index in [0.717, 1.165) is 17.8 Å². The van der Waals surface area contributed by atoms with E-state index in [9.17, 15) is 0 Å². The van der Waals surface area contributed by atoms with Crippen LogP contribution in [0.5, 0.6) is 0 Å². The first-order valence-corrected chi connectivity index (χ1v) is 9.14. The second kappa shape index (κ2) is 8.30. The molecule has 0 aliphatic heterocycles. The Bertz CT molecular complexity index is 310. The van der Waals surface area contributed by atoms with Crippen molar-refractivity contribution in [3.05, 3.63) is 12.2 Å². The molecule has 2 aliphatic rings. The molecule has 0 radical (unpaired) electrons. The molecule has 0 aromatic heterocycles. The van der Waals surface area contributed by atoms with E-state index in [1.165, 1.54) is 58.4 Å². The van der Waals surface area contributed by atoms with Crippen molar-refractivity contribution in [2.24, 2.45) is 17.8 Å². The van der Waals surface area contributed by atoms with Crippen LogP contribution in [-0.4, -0.2) is 60.9 Å². The second-order valence-electron chi connectivity index (χ2n) is 8.12. The van der Waals surface area contributed by atoms with Gasteiger partial charge in [-0.1, -0.05) is 12.2 Å². The summed E-state index contributed by atoms with van der Waals surface area (Å²) in [6, 6.07) is 0. The lowest BCUT2D eigenvalue weighted by atomic mass is 9.93. The van der Waals surface area contributed by atoms with Gasteiger partial charge >= 0.3 is 0 Å². The summed E-state index contributed by atoms with van der Waals surface area (Å²) in [4.78, 5) is 5.06. The molecule has 0 amide bonds. The lowest BCUT2D eigenvalue weighted by molar-refractivity contribution is -0.917. The van der Waals surface area contributed by atoms with Crippen LogP contribution in [0.1, 0.15) is 25.7 Å². The van der Waals surface area contributed by atoms with Crippen LogP contribution in [0.4, 0.5) is 0 Å². The predicted molar refractivity (Wildman–Crippen MR) is 89.0 cm³/mol. The molecule has 2 bridgehead atoms. The van der Waals surface area contributed by atoms with Crippen LogP contribution < -0.4 is 14.7 Å². The smallest absolute Gasteiger partial charge is 0.0825 e. The third-order valence-corrected chi connectivity index (χ3v) is 5.38. The largest absolute Gasteiger partial charge is 0.340 e. The zero-order chi connectivity index (χ0) is 15.2. The summed E-state index contributed by atoms with van der Waals surface area (Å²) in [5, 5.41) is 0. The van der Waals surface area contributed by atoms with Crippen molar-refractivity contribution in [1.29, 1.82) is 0 Å². The van der Waals surface area contributed by atoms with Gasteiger partial charge in [-0.15, -0.1) is 0 Å². The number of quaternary nitrogens is 3. The molecule has 3 N–H and O–H groups in total. The van der Waals surface area contributed by atoms with Crippen LogP contribution in [0.15, 0.2) is 12.2 Å². The molecule has 2 rings (SSSR count). The van der Waals surface area contributed by atoms with E-state index in [0.29, 0.717) is 0 Å². The van der Waals surface area contributed by atoms with Gasteiger partial charge in [-0.3, -0.25) is 0 Å². The molecule has 0 spiro atoms. The Morgan fingerprint density at radius 1 is 0.810 bits per heavy atom. The highest BCUT2D eigenvalue weighted by atomic mass is 15.1. The topological polar surface area (TPSA) is 13.3 Å². The van der Waals surface area contributed by atoms with E-state index in [-0.39, 0.29) is 0 Å². The highest BCUT2D eigenvalue weighted by Crippen LogP contribution is 2.42. The molecule has 3 nitrogen and oxygen atoms in total. The highest BCUT2D eigenvalue weighted by molar-refractivity contribution is 5.09. The number of nitrogens with one attached hydrogen (secondary N) is 3.